The van der Waals surface area contributed by atoms with Gasteiger partial charge in [0.15, 0.2) is 0 Å². The van der Waals surface area contributed by atoms with Gasteiger partial charge in [-0.1, -0.05) is 38.3 Å². The van der Waals surface area contributed by atoms with Crippen molar-refractivity contribution in [2.24, 2.45) is 11.8 Å². The van der Waals surface area contributed by atoms with Gasteiger partial charge in [0, 0.05) is 16.6 Å². The maximum absolute atomic E-state index is 12.1. The van der Waals surface area contributed by atoms with Crippen LogP contribution in [0.25, 0.3) is 0 Å². The first-order chi connectivity index (χ1) is 9.97. The van der Waals surface area contributed by atoms with Crippen molar-refractivity contribution in [2.75, 3.05) is 11.5 Å². The Morgan fingerprint density at radius 2 is 2.19 bits per heavy atom. The normalized spacial score (nSPS) is 25.6. The number of benzene rings is 1. The standard InChI is InChI=1S/C16H23ClN2OS/c1-10-4-3-5-14(11(10)2)19-16(20)9-21-15-8-12(18)6-7-13(15)17/h6-8,10-11,14H,3-5,9,18H2,1-2H3,(H,19,20). The smallest absolute Gasteiger partial charge is 0.230 e. The number of halogens is 1. The maximum Gasteiger partial charge on any atom is 0.230 e. The number of amides is 1. The molecule has 1 amide bonds. The van der Waals surface area contributed by atoms with Gasteiger partial charge in [0.25, 0.3) is 0 Å². The number of carbonyl (C=O) groups excluding carboxylic acids is 1. The fourth-order valence-corrected chi connectivity index (χ4v) is 3.88. The Bertz CT molecular complexity index is 509. The summed E-state index contributed by atoms with van der Waals surface area (Å²) in [5.41, 5.74) is 6.41. The quantitative estimate of drug-likeness (QED) is 0.650. The van der Waals surface area contributed by atoms with Crippen molar-refractivity contribution >= 4 is 35.0 Å². The average molecular weight is 327 g/mol. The first kappa shape index (κ1) is 16.5. The Balaban J connectivity index is 1.86. The predicted molar refractivity (Wildman–Crippen MR) is 90.7 cm³/mol. The van der Waals surface area contributed by atoms with Crippen molar-refractivity contribution in [1.29, 1.82) is 0 Å². The first-order valence-electron chi connectivity index (χ1n) is 7.44. The Morgan fingerprint density at radius 3 is 2.95 bits per heavy atom. The summed E-state index contributed by atoms with van der Waals surface area (Å²) in [6.07, 6.45) is 3.55. The van der Waals surface area contributed by atoms with Crippen molar-refractivity contribution < 1.29 is 4.79 Å². The molecule has 0 heterocycles. The lowest BCUT2D eigenvalue weighted by Gasteiger charge is -2.34. The van der Waals surface area contributed by atoms with Crippen LogP contribution < -0.4 is 11.1 Å². The molecule has 0 spiro atoms. The lowest BCUT2D eigenvalue weighted by molar-refractivity contribution is -0.119. The van der Waals surface area contributed by atoms with Gasteiger partial charge >= 0.3 is 0 Å². The second kappa shape index (κ2) is 7.41. The number of rotatable bonds is 4. The fraction of sp³-hybridized carbons (Fsp3) is 0.562. The minimum absolute atomic E-state index is 0.0736. The van der Waals surface area contributed by atoms with Gasteiger partial charge in [-0.15, -0.1) is 11.8 Å². The largest absolute Gasteiger partial charge is 0.399 e. The van der Waals surface area contributed by atoms with E-state index in [1.807, 2.05) is 6.07 Å². The van der Waals surface area contributed by atoms with Gasteiger partial charge in [-0.05, 0) is 36.5 Å². The van der Waals surface area contributed by atoms with Crippen molar-refractivity contribution in [3.05, 3.63) is 23.2 Å². The summed E-state index contributed by atoms with van der Waals surface area (Å²) in [4.78, 5) is 13.0. The molecule has 3 N–H and O–H groups in total. The molecular formula is C16H23ClN2OS. The van der Waals surface area contributed by atoms with E-state index < -0.39 is 0 Å². The molecule has 0 aliphatic heterocycles. The summed E-state index contributed by atoms with van der Waals surface area (Å²) in [7, 11) is 0. The van der Waals surface area contributed by atoms with Crippen molar-refractivity contribution in [1.82, 2.24) is 5.32 Å². The summed E-state index contributed by atoms with van der Waals surface area (Å²) in [5, 5.41) is 3.81. The number of nitrogens with two attached hydrogens (primary N) is 1. The highest BCUT2D eigenvalue weighted by Crippen LogP contribution is 2.31. The maximum atomic E-state index is 12.1. The molecule has 21 heavy (non-hydrogen) atoms. The SMILES string of the molecule is CC1CCCC(NC(=O)CSc2cc(N)ccc2Cl)C1C. The molecule has 0 saturated heterocycles. The highest BCUT2D eigenvalue weighted by Gasteiger charge is 2.27. The van der Waals surface area contributed by atoms with Crippen LogP contribution in [0.4, 0.5) is 5.69 Å². The molecule has 2 rings (SSSR count). The van der Waals surface area contributed by atoms with Crippen LogP contribution in [0.3, 0.4) is 0 Å². The van der Waals surface area contributed by atoms with Crippen LogP contribution in [0.2, 0.25) is 5.02 Å². The van der Waals surface area contributed by atoms with Gasteiger partial charge in [0.2, 0.25) is 5.91 Å². The van der Waals surface area contributed by atoms with Crippen LogP contribution in [-0.4, -0.2) is 17.7 Å². The topological polar surface area (TPSA) is 55.1 Å². The van der Waals surface area contributed by atoms with Gasteiger partial charge in [-0.3, -0.25) is 4.79 Å². The molecule has 0 radical (unpaired) electrons. The zero-order valence-corrected chi connectivity index (χ0v) is 14.1. The van der Waals surface area contributed by atoms with E-state index in [4.69, 9.17) is 17.3 Å². The predicted octanol–water partition coefficient (Wildman–Crippen LogP) is 3.96. The zero-order chi connectivity index (χ0) is 15.4. The monoisotopic (exact) mass is 326 g/mol. The number of thioether (sulfide) groups is 1. The van der Waals surface area contributed by atoms with E-state index >= 15 is 0 Å². The fourth-order valence-electron chi connectivity index (χ4n) is 2.81. The molecule has 1 aliphatic carbocycles. The number of hydrogen-bond donors (Lipinski definition) is 2. The Hall–Kier alpha value is -0.870. The van der Waals surface area contributed by atoms with Gasteiger partial charge in [0.05, 0.1) is 10.8 Å². The van der Waals surface area contributed by atoms with E-state index in [2.05, 4.69) is 19.2 Å². The van der Waals surface area contributed by atoms with E-state index in [1.54, 1.807) is 12.1 Å². The Morgan fingerprint density at radius 1 is 1.43 bits per heavy atom. The second-order valence-corrected chi connectivity index (χ2v) is 7.34. The molecular weight excluding hydrogens is 304 g/mol. The molecule has 1 fully saturated rings. The summed E-state index contributed by atoms with van der Waals surface area (Å²) < 4.78 is 0. The minimum atomic E-state index is 0.0736. The third-order valence-electron chi connectivity index (χ3n) is 4.37. The molecule has 1 aromatic carbocycles. The molecule has 1 aromatic rings. The summed E-state index contributed by atoms with van der Waals surface area (Å²) in [5.74, 6) is 1.67. The van der Waals surface area contributed by atoms with E-state index in [1.165, 1.54) is 24.6 Å². The van der Waals surface area contributed by atoms with E-state index in [0.29, 0.717) is 34.3 Å². The Kier molecular flexibility index (Phi) is 5.82. The number of nitrogen functional groups attached to an aromatic ring is 1. The molecule has 3 nitrogen and oxygen atoms in total. The lowest BCUT2D eigenvalue weighted by Crippen LogP contribution is -2.44. The molecule has 1 aliphatic rings. The third-order valence-corrected chi connectivity index (χ3v) is 5.86. The molecule has 3 unspecified atom stereocenters. The van der Waals surface area contributed by atoms with Crippen molar-refractivity contribution in [3.8, 4) is 0 Å². The number of nitrogens with one attached hydrogen (secondary N) is 1. The van der Waals surface area contributed by atoms with Crippen LogP contribution in [0.5, 0.6) is 0 Å². The van der Waals surface area contributed by atoms with E-state index in [-0.39, 0.29) is 5.91 Å². The van der Waals surface area contributed by atoms with Crippen LogP contribution >= 0.6 is 23.4 Å². The van der Waals surface area contributed by atoms with Gasteiger partial charge in [-0.2, -0.15) is 0 Å². The highest BCUT2D eigenvalue weighted by molar-refractivity contribution is 8.00. The molecule has 3 atom stereocenters. The summed E-state index contributed by atoms with van der Waals surface area (Å²) in [6.45, 7) is 4.50. The number of carbonyl (C=O) groups is 1. The van der Waals surface area contributed by atoms with Crippen LogP contribution in [0.1, 0.15) is 33.1 Å². The third kappa shape index (κ3) is 4.55. The van der Waals surface area contributed by atoms with Crippen LogP contribution in [0.15, 0.2) is 23.1 Å². The molecule has 0 aromatic heterocycles. The Labute approximate surface area is 136 Å². The zero-order valence-electron chi connectivity index (χ0n) is 12.6. The summed E-state index contributed by atoms with van der Waals surface area (Å²) >= 11 is 7.54. The second-order valence-electron chi connectivity index (χ2n) is 5.92. The number of hydrogen-bond acceptors (Lipinski definition) is 3. The molecule has 116 valence electrons. The van der Waals surface area contributed by atoms with Crippen LogP contribution in [0, 0.1) is 11.8 Å². The van der Waals surface area contributed by atoms with E-state index in [9.17, 15) is 4.79 Å². The lowest BCUT2D eigenvalue weighted by atomic mass is 9.78. The highest BCUT2D eigenvalue weighted by atomic mass is 35.5. The van der Waals surface area contributed by atoms with Gasteiger partial charge in [-0.25, -0.2) is 0 Å². The van der Waals surface area contributed by atoms with Gasteiger partial charge < -0.3 is 11.1 Å². The number of anilines is 1. The van der Waals surface area contributed by atoms with Gasteiger partial charge in [0.1, 0.15) is 0 Å². The first-order valence-corrected chi connectivity index (χ1v) is 8.81. The molecule has 1 saturated carbocycles. The average Bonchev–Trinajstić information content (AvgIpc) is 2.45. The minimum Gasteiger partial charge on any atom is -0.399 e. The van der Waals surface area contributed by atoms with E-state index in [0.717, 1.165) is 11.3 Å². The molecule has 5 heteroatoms. The summed E-state index contributed by atoms with van der Waals surface area (Å²) in [6, 6.07) is 5.64. The van der Waals surface area contributed by atoms with Crippen molar-refractivity contribution in [3.63, 3.8) is 0 Å². The van der Waals surface area contributed by atoms with Crippen molar-refractivity contribution in [2.45, 2.75) is 44.0 Å². The van der Waals surface area contributed by atoms with Crippen LogP contribution in [-0.2, 0) is 4.79 Å². The molecule has 0 bridgehead atoms.